The van der Waals surface area contributed by atoms with Crippen LogP contribution >= 0.6 is 0 Å². The Bertz CT molecular complexity index is 997. The maximum Gasteiger partial charge on any atom is 0.305 e. The molecular formula is C58H111NO5. The van der Waals surface area contributed by atoms with Crippen molar-refractivity contribution in [2.45, 2.75) is 321 Å². The van der Waals surface area contributed by atoms with Gasteiger partial charge in [-0.3, -0.25) is 9.59 Å². The molecule has 6 heteroatoms. The molecule has 0 radical (unpaired) electrons. The van der Waals surface area contributed by atoms with Gasteiger partial charge in [0.05, 0.1) is 25.4 Å². The summed E-state index contributed by atoms with van der Waals surface area (Å²) < 4.78 is 5.46. The van der Waals surface area contributed by atoms with Gasteiger partial charge in [-0.15, -0.1) is 0 Å². The average Bonchev–Trinajstić information content (AvgIpc) is 3.29. The molecule has 0 fully saturated rings. The number of allylic oxidation sites excluding steroid dienone is 4. The predicted molar refractivity (Wildman–Crippen MR) is 278 cm³/mol. The van der Waals surface area contributed by atoms with Gasteiger partial charge in [-0.05, 0) is 57.8 Å². The third-order valence-electron chi connectivity index (χ3n) is 13.3. The van der Waals surface area contributed by atoms with E-state index >= 15 is 0 Å². The highest BCUT2D eigenvalue weighted by Gasteiger charge is 2.20. The Balaban J connectivity index is 3.44. The minimum Gasteiger partial charge on any atom is -0.466 e. The Morgan fingerprint density at radius 2 is 0.766 bits per heavy atom. The number of rotatable bonds is 53. The van der Waals surface area contributed by atoms with Crippen LogP contribution in [0.2, 0.25) is 0 Å². The van der Waals surface area contributed by atoms with Gasteiger partial charge in [-0.2, -0.15) is 0 Å². The third kappa shape index (κ3) is 49.8. The first-order valence-electron chi connectivity index (χ1n) is 28.6. The predicted octanol–water partition coefficient (Wildman–Crippen LogP) is 17.5. The lowest BCUT2D eigenvalue weighted by Crippen LogP contribution is -2.45. The number of unbranched alkanes of at least 4 members (excludes halogenated alkanes) is 39. The summed E-state index contributed by atoms with van der Waals surface area (Å²) in [5.41, 5.74) is 0. The van der Waals surface area contributed by atoms with Crippen molar-refractivity contribution in [3.63, 3.8) is 0 Å². The lowest BCUT2D eigenvalue weighted by molar-refractivity contribution is -0.143. The Morgan fingerprint density at radius 3 is 1.16 bits per heavy atom. The topological polar surface area (TPSA) is 95.9 Å². The molecule has 3 N–H and O–H groups in total. The fraction of sp³-hybridized carbons (Fsp3) is 0.897. The summed E-state index contributed by atoms with van der Waals surface area (Å²) in [5, 5.41) is 23.2. The fourth-order valence-electron chi connectivity index (χ4n) is 8.87. The summed E-state index contributed by atoms with van der Waals surface area (Å²) in [7, 11) is 0. The molecule has 0 bridgehead atoms. The van der Waals surface area contributed by atoms with Crippen molar-refractivity contribution in [1.29, 1.82) is 0 Å². The van der Waals surface area contributed by atoms with Crippen LogP contribution in [-0.2, 0) is 14.3 Å². The highest BCUT2D eigenvalue weighted by molar-refractivity contribution is 5.76. The third-order valence-corrected chi connectivity index (χ3v) is 13.3. The second-order valence-electron chi connectivity index (χ2n) is 19.7. The van der Waals surface area contributed by atoms with Crippen LogP contribution in [0.3, 0.4) is 0 Å². The van der Waals surface area contributed by atoms with Crippen molar-refractivity contribution >= 4 is 11.9 Å². The molecule has 0 aromatic heterocycles. The maximum absolute atomic E-state index is 12.4. The molecule has 0 heterocycles. The van der Waals surface area contributed by atoms with E-state index in [4.69, 9.17) is 4.74 Å². The molecule has 0 aliphatic rings. The normalized spacial score (nSPS) is 12.8. The maximum atomic E-state index is 12.4. The molecule has 1 amide bonds. The molecule has 0 saturated heterocycles. The zero-order chi connectivity index (χ0) is 46.5. The van der Waals surface area contributed by atoms with Crippen LogP contribution in [0.1, 0.15) is 309 Å². The van der Waals surface area contributed by atoms with E-state index in [0.717, 1.165) is 70.6 Å². The minimum atomic E-state index is -0.669. The highest BCUT2D eigenvalue weighted by atomic mass is 16.5. The Hall–Kier alpha value is -1.66. The van der Waals surface area contributed by atoms with Crippen LogP contribution < -0.4 is 5.32 Å². The van der Waals surface area contributed by atoms with Crippen LogP contribution in [0.25, 0.3) is 0 Å². The number of ether oxygens (including phenoxy) is 1. The van der Waals surface area contributed by atoms with Gasteiger partial charge >= 0.3 is 5.97 Å². The highest BCUT2D eigenvalue weighted by Crippen LogP contribution is 2.17. The van der Waals surface area contributed by atoms with Gasteiger partial charge in [-0.25, -0.2) is 0 Å². The molecule has 378 valence electrons. The molecular weight excluding hydrogens is 791 g/mol. The number of esters is 1. The second kappa shape index (κ2) is 54.0. The van der Waals surface area contributed by atoms with Crippen LogP contribution in [0.5, 0.6) is 0 Å². The lowest BCUT2D eigenvalue weighted by atomic mass is 10.0. The number of hydrogen-bond acceptors (Lipinski definition) is 5. The first kappa shape index (κ1) is 62.3. The van der Waals surface area contributed by atoms with Gasteiger partial charge in [-0.1, -0.05) is 263 Å². The van der Waals surface area contributed by atoms with E-state index in [9.17, 15) is 19.8 Å². The van der Waals surface area contributed by atoms with Gasteiger partial charge in [0.25, 0.3) is 0 Å². The van der Waals surface area contributed by atoms with Gasteiger partial charge in [0.2, 0.25) is 5.91 Å². The number of carbonyl (C=O) groups excluding carboxylic acids is 2. The molecule has 64 heavy (non-hydrogen) atoms. The molecule has 0 rings (SSSR count). The number of nitrogens with one attached hydrogen (secondary N) is 1. The summed E-state index contributed by atoms with van der Waals surface area (Å²) in [6.45, 7) is 4.92. The fourth-order valence-corrected chi connectivity index (χ4v) is 8.87. The summed E-state index contributed by atoms with van der Waals surface area (Å²) in [6, 6.07) is -0.547. The number of aliphatic hydroxyl groups excluding tert-OH is 2. The first-order chi connectivity index (χ1) is 31.5. The Labute approximate surface area is 399 Å². The van der Waals surface area contributed by atoms with Crippen molar-refractivity contribution in [2.75, 3.05) is 13.2 Å². The van der Waals surface area contributed by atoms with Gasteiger partial charge in [0.15, 0.2) is 0 Å². The number of carbonyl (C=O) groups is 2. The molecule has 0 aliphatic heterocycles. The van der Waals surface area contributed by atoms with E-state index < -0.39 is 12.1 Å². The van der Waals surface area contributed by atoms with E-state index in [0.29, 0.717) is 25.9 Å². The van der Waals surface area contributed by atoms with Crippen molar-refractivity contribution in [3.8, 4) is 0 Å². The molecule has 2 atom stereocenters. The van der Waals surface area contributed by atoms with E-state index in [1.165, 1.54) is 205 Å². The van der Waals surface area contributed by atoms with Crippen LogP contribution in [-0.4, -0.2) is 47.4 Å². The van der Waals surface area contributed by atoms with E-state index in [1.54, 1.807) is 0 Å². The molecule has 2 unspecified atom stereocenters. The average molecular weight is 903 g/mol. The van der Waals surface area contributed by atoms with Crippen LogP contribution in [0.15, 0.2) is 24.3 Å². The number of aliphatic hydroxyl groups is 2. The zero-order valence-electron chi connectivity index (χ0n) is 43.0. The molecule has 0 aliphatic carbocycles. The van der Waals surface area contributed by atoms with Crippen LogP contribution in [0, 0.1) is 0 Å². The minimum absolute atomic E-state index is 0.00939. The summed E-state index contributed by atoms with van der Waals surface area (Å²) in [6.07, 6.45) is 64.6. The molecule has 0 spiro atoms. The van der Waals surface area contributed by atoms with Crippen molar-refractivity contribution in [3.05, 3.63) is 24.3 Å². The van der Waals surface area contributed by atoms with Crippen molar-refractivity contribution in [2.24, 2.45) is 0 Å². The summed E-state index contributed by atoms with van der Waals surface area (Å²) >= 11 is 0. The molecule has 6 nitrogen and oxygen atoms in total. The number of hydrogen-bond donors (Lipinski definition) is 3. The molecule has 0 aromatic carbocycles. The molecule has 0 saturated carbocycles. The SMILES string of the molecule is CCCCCCCCCCCCCCCCCCCC(=O)OCCCCC/C=C\C=C/CCCCCCCCCCCCC(=O)NC(CO)C(O)CCCCCCCCCCCCC. The van der Waals surface area contributed by atoms with Gasteiger partial charge in [0.1, 0.15) is 0 Å². The van der Waals surface area contributed by atoms with Crippen molar-refractivity contribution < 1.29 is 24.5 Å². The largest absolute Gasteiger partial charge is 0.466 e. The van der Waals surface area contributed by atoms with Crippen molar-refractivity contribution in [1.82, 2.24) is 5.32 Å². The quantitative estimate of drug-likeness (QED) is 0.0321. The van der Waals surface area contributed by atoms with E-state index in [2.05, 4.69) is 43.5 Å². The smallest absolute Gasteiger partial charge is 0.305 e. The second-order valence-corrected chi connectivity index (χ2v) is 19.7. The molecule has 0 aromatic rings. The Kier molecular flexibility index (Phi) is 52.6. The van der Waals surface area contributed by atoms with Crippen LogP contribution in [0.4, 0.5) is 0 Å². The standard InChI is InChI=1S/C58H111NO5/c1-3-5-7-9-11-13-15-16-17-21-25-28-32-36-40-44-48-52-58(63)64-53-49-45-41-37-33-29-26-23-20-18-19-22-24-27-31-35-39-43-47-51-57(62)59-55(54-60)56(61)50-46-42-38-34-30-14-12-10-8-6-4-2/h23,26,29,33,55-56,60-61H,3-22,24-25,27-28,30-32,34-54H2,1-2H3,(H,59,62)/b26-23-,33-29-. The number of amides is 1. The van der Waals surface area contributed by atoms with Gasteiger partial charge < -0.3 is 20.3 Å². The van der Waals surface area contributed by atoms with E-state index in [-0.39, 0.29) is 18.5 Å². The van der Waals surface area contributed by atoms with Gasteiger partial charge in [0, 0.05) is 12.8 Å². The monoisotopic (exact) mass is 902 g/mol. The Morgan fingerprint density at radius 1 is 0.438 bits per heavy atom. The van der Waals surface area contributed by atoms with E-state index in [1.807, 2.05) is 0 Å². The lowest BCUT2D eigenvalue weighted by Gasteiger charge is -2.22. The first-order valence-corrected chi connectivity index (χ1v) is 28.6. The zero-order valence-corrected chi connectivity index (χ0v) is 43.0. The summed E-state index contributed by atoms with van der Waals surface area (Å²) in [4.78, 5) is 24.5. The summed E-state index contributed by atoms with van der Waals surface area (Å²) in [5.74, 6) is -0.0548.